The fourth-order valence-corrected chi connectivity index (χ4v) is 2.03. The molecule has 0 aromatic heterocycles. The van der Waals surface area contributed by atoms with Crippen molar-refractivity contribution < 1.29 is 14.7 Å². The van der Waals surface area contributed by atoms with E-state index < -0.39 is 11.2 Å². The van der Waals surface area contributed by atoms with Gasteiger partial charge in [0.15, 0.2) is 0 Å². The van der Waals surface area contributed by atoms with Gasteiger partial charge >= 0.3 is 5.97 Å². The average Bonchev–Trinajstić information content (AvgIpc) is 2.31. The van der Waals surface area contributed by atoms with Crippen LogP contribution >= 0.6 is 23.4 Å². The maximum absolute atomic E-state index is 11.8. The third-order valence-corrected chi connectivity index (χ3v) is 3.89. The van der Waals surface area contributed by atoms with Gasteiger partial charge in [-0.3, -0.25) is 9.59 Å². The molecule has 0 aliphatic carbocycles. The molecule has 0 aliphatic rings. The van der Waals surface area contributed by atoms with Crippen LogP contribution in [0, 0.1) is 6.92 Å². The van der Waals surface area contributed by atoms with E-state index in [4.69, 9.17) is 16.7 Å². The Labute approximate surface area is 115 Å². The SMILES string of the molecule is Cc1c(Cl)cccc1NC(=O)C(C)SCC(=O)O. The number of carboxylic acids is 1. The predicted octanol–water partition coefficient (Wildman–Crippen LogP) is 2.79. The normalized spacial score (nSPS) is 11.9. The molecule has 0 radical (unpaired) electrons. The molecule has 0 spiro atoms. The lowest BCUT2D eigenvalue weighted by atomic mass is 10.2. The third kappa shape index (κ3) is 4.23. The number of carbonyl (C=O) groups excluding carboxylic acids is 1. The van der Waals surface area contributed by atoms with E-state index in [2.05, 4.69) is 5.32 Å². The van der Waals surface area contributed by atoms with Crippen LogP contribution in [0.15, 0.2) is 18.2 Å². The number of halogens is 1. The lowest BCUT2D eigenvalue weighted by Gasteiger charge is -2.13. The Morgan fingerprint density at radius 2 is 2.17 bits per heavy atom. The summed E-state index contributed by atoms with van der Waals surface area (Å²) in [5.41, 5.74) is 1.44. The second-order valence-corrected chi connectivity index (χ2v) is 5.48. The number of hydrogen-bond acceptors (Lipinski definition) is 3. The molecule has 2 N–H and O–H groups in total. The summed E-state index contributed by atoms with van der Waals surface area (Å²) in [6.45, 7) is 3.48. The van der Waals surface area contributed by atoms with Crippen LogP contribution in [0.1, 0.15) is 12.5 Å². The number of anilines is 1. The Morgan fingerprint density at radius 3 is 2.78 bits per heavy atom. The molecule has 18 heavy (non-hydrogen) atoms. The molecule has 1 amide bonds. The molecule has 98 valence electrons. The van der Waals surface area contributed by atoms with Crippen LogP contribution in [0.4, 0.5) is 5.69 Å². The molecule has 0 aliphatic heterocycles. The van der Waals surface area contributed by atoms with Gasteiger partial charge in [0.2, 0.25) is 5.91 Å². The first-order valence-corrected chi connectivity index (χ1v) is 6.74. The monoisotopic (exact) mass is 287 g/mol. The molecule has 1 rings (SSSR count). The summed E-state index contributed by atoms with van der Waals surface area (Å²) in [6.07, 6.45) is 0. The highest BCUT2D eigenvalue weighted by atomic mass is 35.5. The molecule has 0 fully saturated rings. The van der Waals surface area contributed by atoms with Crippen molar-refractivity contribution in [1.82, 2.24) is 0 Å². The number of nitrogens with one attached hydrogen (secondary N) is 1. The molecule has 0 bridgehead atoms. The van der Waals surface area contributed by atoms with Gasteiger partial charge in [0.05, 0.1) is 11.0 Å². The first kappa shape index (κ1) is 14.9. The number of carboxylic acid groups (broad SMARTS) is 1. The predicted molar refractivity (Wildman–Crippen MR) is 74.4 cm³/mol. The Balaban J connectivity index is 2.64. The second kappa shape index (κ2) is 6.66. The third-order valence-electron chi connectivity index (χ3n) is 2.35. The summed E-state index contributed by atoms with van der Waals surface area (Å²) in [4.78, 5) is 22.2. The zero-order chi connectivity index (χ0) is 13.7. The van der Waals surface area contributed by atoms with E-state index in [9.17, 15) is 9.59 Å². The molecule has 0 saturated carbocycles. The standard InChI is InChI=1S/C12H14ClNO3S/c1-7-9(13)4-3-5-10(7)14-12(17)8(2)18-6-11(15)16/h3-5,8H,6H2,1-2H3,(H,14,17)(H,15,16). The minimum atomic E-state index is -0.932. The fraction of sp³-hybridized carbons (Fsp3) is 0.333. The summed E-state index contributed by atoms with van der Waals surface area (Å²) >= 11 is 7.02. The largest absolute Gasteiger partial charge is 0.481 e. The second-order valence-electron chi connectivity index (χ2n) is 3.75. The Morgan fingerprint density at radius 1 is 1.50 bits per heavy atom. The van der Waals surface area contributed by atoms with Crippen LogP contribution in [0.3, 0.4) is 0 Å². The summed E-state index contributed by atoms with van der Waals surface area (Å²) in [7, 11) is 0. The number of aliphatic carboxylic acids is 1. The van der Waals surface area contributed by atoms with E-state index >= 15 is 0 Å². The zero-order valence-electron chi connectivity index (χ0n) is 10.1. The summed E-state index contributed by atoms with van der Waals surface area (Å²) in [6, 6.07) is 5.25. The number of thioether (sulfide) groups is 1. The van der Waals surface area contributed by atoms with Gasteiger partial charge in [0, 0.05) is 10.7 Å². The molecule has 0 saturated heterocycles. The van der Waals surface area contributed by atoms with Gasteiger partial charge in [-0.2, -0.15) is 0 Å². The maximum Gasteiger partial charge on any atom is 0.313 e. The molecular formula is C12H14ClNO3S. The van der Waals surface area contributed by atoms with Crippen LogP contribution in [-0.2, 0) is 9.59 Å². The van der Waals surface area contributed by atoms with Crippen molar-refractivity contribution in [3.8, 4) is 0 Å². The van der Waals surface area contributed by atoms with Gasteiger partial charge in [-0.15, -0.1) is 11.8 Å². The number of amides is 1. The summed E-state index contributed by atoms with van der Waals surface area (Å²) < 4.78 is 0. The lowest BCUT2D eigenvalue weighted by Crippen LogP contribution is -2.24. The van der Waals surface area contributed by atoms with Gasteiger partial charge in [-0.05, 0) is 31.5 Å². The van der Waals surface area contributed by atoms with Crippen LogP contribution in [0.25, 0.3) is 0 Å². The summed E-state index contributed by atoms with van der Waals surface area (Å²) in [5, 5.41) is 11.4. The Kier molecular flexibility index (Phi) is 5.50. The first-order valence-electron chi connectivity index (χ1n) is 5.31. The molecule has 4 nitrogen and oxygen atoms in total. The van der Waals surface area contributed by atoms with Gasteiger partial charge in [-0.25, -0.2) is 0 Å². The van der Waals surface area contributed by atoms with Crippen LogP contribution in [-0.4, -0.2) is 28.0 Å². The number of carbonyl (C=O) groups is 2. The van der Waals surface area contributed by atoms with Crippen molar-refractivity contribution in [1.29, 1.82) is 0 Å². The van der Waals surface area contributed by atoms with E-state index in [0.29, 0.717) is 10.7 Å². The Hall–Kier alpha value is -1.20. The molecule has 1 unspecified atom stereocenters. The first-order chi connectivity index (χ1) is 8.41. The van der Waals surface area contributed by atoms with E-state index in [0.717, 1.165) is 17.3 Å². The maximum atomic E-state index is 11.8. The van der Waals surface area contributed by atoms with E-state index in [1.54, 1.807) is 25.1 Å². The fourth-order valence-electron chi connectivity index (χ4n) is 1.25. The molecule has 0 heterocycles. The topological polar surface area (TPSA) is 66.4 Å². The highest BCUT2D eigenvalue weighted by Gasteiger charge is 2.16. The number of rotatable bonds is 5. The highest BCUT2D eigenvalue weighted by molar-refractivity contribution is 8.01. The van der Waals surface area contributed by atoms with Crippen LogP contribution in [0.5, 0.6) is 0 Å². The van der Waals surface area contributed by atoms with Crippen molar-refractivity contribution in [3.05, 3.63) is 28.8 Å². The van der Waals surface area contributed by atoms with Crippen LogP contribution in [0.2, 0.25) is 5.02 Å². The van der Waals surface area contributed by atoms with E-state index in [1.807, 2.05) is 6.92 Å². The molecule has 1 atom stereocenters. The lowest BCUT2D eigenvalue weighted by molar-refractivity contribution is -0.133. The van der Waals surface area contributed by atoms with Crippen molar-refractivity contribution in [2.24, 2.45) is 0 Å². The minimum Gasteiger partial charge on any atom is -0.481 e. The van der Waals surface area contributed by atoms with Gasteiger partial charge in [0.25, 0.3) is 0 Å². The van der Waals surface area contributed by atoms with Crippen LogP contribution < -0.4 is 5.32 Å². The zero-order valence-corrected chi connectivity index (χ0v) is 11.6. The van der Waals surface area contributed by atoms with Gasteiger partial charge in [0.1, 0.15) is 0 Å². The summed E-state index contributed by atoms with van der Waals surface area (Å²) in [5.74, 6) is -1.26. The molecule has 1 aromatic carbocycles. The van der Waals surface area contributed by atoms with Crippen molar-refractivity contribution in [3.63, 3.8) is 0 Å². The van der Waals surface area contributed by atoms with E-state index in [1.165, 1.54) is 0 Å². The van der Waals surface area contributed by atoms with Gasteiger partial charge in [-0.1, -0.05) is 17.7 Å². The average molecular weight is 288 g/mol. The highest BCUT2D eigenvalue weighted by Crippen LogP contribution is 2.23. The number of hydrogen-bond donors (Lipinski definition) is 2. The van der Waals surface area contributed by atoms with Crippen molar-refractivity contribution >= 4 is 40.9 Å². The van der Waals surface area contributed by atoms with Crippen molar-refractivity contribution in [2.75, 3.05) is 11.1 Å². The minimum absolute atomic E-state index is 0.0941. The molecule has 1 aromatic rings. The van der Waals surface area contributed by atoms with Crippen molar-refractivity contribution in [2.45, 2.75) is 19.1 Å². The molecular weight excluding hydrogens is 274 g/mol. The van der Waals surface area contributed by atoms with Gasteiger partial charge < -0.3 is 10.4 Å². The quantitative estimate of drug-likeness (QED) is 0.874. The van der Waals surface area contributed by atoms with E-state index in [-0.39, 0.29) is 11.7 Å². The molecule has 6 heteroatoms. The number of benzene rings is 1. The Bertz CT molecular complexity index is 465. The smallest absolute Gasteiger partial charge is 0.313 e.